The number of carboxylic acids is 1. The SMILES string of the molecule is CSCCCNC(=O)NCC1(C(=O)O)CCOCC1. The zero-order chi connectivity index (χ0) is 14.1. The maximum atomic E-state index is 11.6. The van der Waals surface area contributed by atoms with E-state index < -0.39 is 11.4 Å². The van der Waals surface area contributed by atoms with E-state index >= 15 is 0 Å². The quantitative estimate of drug-likeness (QED) is 0.607. The number of urea groups is 1. The Morgan fingerprint density at radius 2 is 2.00 bits per heavy atom. The zero-order valence-electron chi connectivity index (χ0n) is 11.2. The molecule has 0 aromatic rings. The first-order chi connectivity index (χ1) is 9.10. The van der Waals surface area contributed by atoms with Crippen LogP contribution in [0.4, 0.5) is 4.79 Å². The third-order valence-electron chi connectivity index (χ3n) is 3.30. The average molecular weight is 290 g/mol. The van der Waals surface area contributed by atoms with Crippen LogP contribution in [0.3, 0.4) is 0 Å². The summed E-state index contributed by atoms with van der Waals surface area (Å²) in [5.74, 6) is 0.134. The number of hydrogen-bond donors (Lipinski definition) is 3. The van der Waals surface area contributed by atoms with Crippen molar-refractivity contribution in [2.24, 2.45) is 5.41 Å². The van der Waals surface area contributed by atoms with Crippen molar-refractivity contribution in [2.75, 3.05) is 38.3 Å². The third-order valence-corrected chi connectivity index (χ3v) is 4.00. The molecule has 1 aliphatic rings. The second kappa shape index (κ2) is 8.27. The topological polar surface area (TPSA) is 87.7 Å². The van der Waals surface area contributed by atoms with Gasteiger partial charge < -0.3 is 20.5 Å². The van der Waals surface area contributed by atoms with E-state index in [1.54, 1.807) is 11.8 Å². The first-order valence-electron chi connectivity index (χ1n) is 6.42. The summed E-state index contributed by atoms with van der Waals surface area (Å²) in [5.41, 5.74) is -0.880. The molecule has 0 radical (unpaired) electrons. The fourth-order valence-electron chi connectivity index (χ4n) is 1.96. The van der Waals surface area contributed by atoms with E-state index in [0.717, 1.165) is 12.2 Å². The van der Waals surface area contributed by atoms with Crippen molar-refractivity contribution in [1.82, 2.24) is 10.6 Å². The van der Waals surface area contributed by atoms with Gasteiger partial charge in [-0.25, -0.2) is 4.79 Å². The molecule has 1 heterocycles. The van der Waals surface area contributed by atoms with Gasteiger partial charge >= 0.3 is 12.0 Å². The molecule has 1 aliphatic heterocycles. The summed E-state index contributed by atoms with van der Waals surface area (Å²) in [7, 11) is 0. The summed E-state index contributed by atoms with van der Waals surface area (Å²) in [4.78, 5) is 22.9. The van der Waals surface area contributed by atoms with E-state index in [0.29, 0.717) is 32.6 Å². The molecule has 7 heteroatoms. The number of aliphatic carboxylic acids is 1. The van der Waals surface area contributed by atoms with Crippen LogP contribution < -0.4 is 10.6 Å². The van der Waals surface area contributed by atoms with Crippen molar-refractivity contribution in [3.8, 4) is 0 Å². The van der Waals surface area contributed by atoms with E-state index in [2.05, 4.69) is 10.6 Å². The van der Waals surface area contributed by atoms with Crippen LogP contribution in [0.15, 0.2) is 0 Å². The van der Waals surface area contributed by atoms with Gasteiger partial charge in [-0.05, 0) is 31.3 Å². The predicted octanol–water partition coefficient (Wildman–Crippen LogP) is 0.920. The molecule has 0 aliphatic carbocycles. The number of amides is 2. The monoisotopic (exact) mass is 290 g/mol. The summed E-state index contributed by atoms with van der Waals surface area (Å²) in [6.45, 7) is 1.63. The summed E-state index contributed by atoms with van der Waals surface area (Å²) in [6, 6.07) is -0.298. The minimum atomic E-state index is -0.880. The predicted molar refractivity (Wildman–Crippen MR) is 74.5 cm³/mol. The molecule has 0 saturated carbocycles. The Bertz CT molecular complexity index is 306. The maximum Gasteiger partial charge on any atom is 0.314 e. The summed E-state index contributed by atoms with van der Waals surface area (Å²) < 4.78 is 5.18. The zero-order valence-corrected chi connectivity index (χ0v) is 12.1. The average Bonchev–Trinajstić information content (AvgIpc) is 2.42. The Morgan fingerprint density at radius 3 is 2.58 bits per heavy atom. The molecule has 2 amide bonds. The van der Waals surface area contributed by atoms with Crippen LogP contribution in [0.1, 0.15) is 19.3 Å². The van der Waals surface area contributed by atoms with Gasteiger partial charge in [-0.3, -0.25) is 4.79 Å². The fraction of sp³-hybridized carbons (Fsp3) is 0.833. The molecule has 1 saturated heterocycles. The summed E-state index contributed by atoms with van der Waals surface area (Å²) in [5, 5.41) is 14.7. The highest BCUT2D eigenvalue weighted by molar-refractivity contribution is 7.98. The lowest BCUT2D eigenvalue weighted by Gasteiger charge is -2.33. The number of hydrogen-bond acceptors (Lipinski definition) is 4. The van der Waals surface area contributed by atoms with E-state index in [1.807, 2.05) is 6.26 Å². The molecule has 0 atom stereocenters. The normalized spacial score (nSPS) is 17.7. The highest BCUT2D eigenvalue weighted by atomic mass is 32.2. The van der Waals surface area contributed by atoms with Crippen molar-refractivity contribution in [3.63, 3.8) is 0 Å². The molecule has 0 spiro atoms. The molecule has 0 aromatic carbocycles. The molecular weight excluding hydrogens is 268 g/mol. The lowest BCUT2D eigenvalue weighted by Crippen LogP contribution is -2.48. The van der Waals surface area contributed by atoms with Crippen LogP contribution in [0.5, 0.6) is 0 Å². The van der Waals surface area contributed by atoms with E-state index in [1.165, 1.54) is 0 Å². The van der Waals surface area contributed by atoms with Gasteiger partial charge in [0.05, 0.1) is 5.41 Å². The molecule has 0 unspecified atom stereocenters. The number of ether oxygens (including phenoxy) is 1. The van der Waals surface area contributed by atoms with Crippen LogP contribution in [-0.2, 0) is 9.53 Å². The van der Waals surface area contributed by atoms with Gasteiger partial charge in [-0.15, -0.1) is 0 Å². The van der Waals surface area contributed by atoms with Crippen LogP contribution in [0.25, 0.3) is 0 Å². The molecule has 1 rings (SSSR count). The minimum absolute atomic E-state index is 0.153. The lowest BCUT2D eigenvalue weighted by molar-refractivity contribution is -0.154. The van der Waals surface area contributed by atoms with Gasteiger partial charge in [0.25, 0.3) is 0 Å². The number of carboxylic acid groups (broad SMARTS) is 1. The minimum Gasteiger partial charge on any atom is -0.481 e. The van der Waals surface area contributed by atoms with Gasteiger partial charge in [0.15, 0.2) is 0 Å². The van der Waals surface area contributed by atoms with E-state index in [4.69, 9.17) is 4.74 Å². The fourth-order valence-corrected chi connectivity index (χ4v) is 2.39. The number of thioether (sulfide) groups is 1. The maximum absolute atomic E-state index is 11.6. The standard InChI is InChI=1S/C12H22N2O4S/c1-19-8-2-5-13-11(17)14-9-12(10(15)16)3-6-18-7-4-12/h2-9H2,1H3,(H,15,16)(H2,13,14,17). The first kappa shape index (κ1) is 16.1. The molecule has 0 aromatic heterocycles. The third kappa shape index (κ3) is 5.28. The lowest BCUT2D eigenvalue weighted by atomic mass is 9.80. The smallest absolute Gasteiger partial charge is 0.314 e. The number of nitrogens with one attached hydrogen (secondary N) is 2. The van der Waals surface area contributed by atoms with Crippen LogP contribution in [0, 0.1) is 5.41 Å². The van der Waals surface area contributed by atoms with Crippen molar-refractivity contribution in [3.05, 3.63) is 0 Å². The van der Waals surface area contributed by atoms with Crippen LogP contribution in [0.2, 0.25) is 0 Å². The summed E-state index contributed by atoms with van der Waals surface area (Å²) in [6.07, 6.45) is 3.80. The van der Waals surface area contributed by atoms with E-state index in [9.17, 15) is 14.7 Å². The molecule has 6 nitrogen and oxygen atoms in total. The molecule has 3 N–H and O–H groups in total. The highest BCUT2D eigenvalue weighted by Gasteiger charge is 2.40. The van der Waals surface area contributed by atoms with Crippen molar-refractivity contribution >= 4 is 23.8 Å². The van der Waals surface area contributed by atoms with Gasteiger partial charge in [0, 0.05) is 26.3 Å². The number of carbonyl (C=O) groups is 2. The Morgan fingerprint density at radius 1 is 1.32 bits per heavy atom. The Kier molecular flexibility index (Phi) is 7.01. The molecule has 1 fully saturated rings. The summed E-state index contributed by atoms with van der Waals surface area (Å²) >= 11 is 1.73. The molecular formula is C12H22N2O4S. The van der Waals surface area contributed by atoms with Crippen molar-refractivity contribution in [1.29, 1.82) is 0 Å². The molecule has 19 heavy (non-hydrogen) atoms. The highest BCUT2D eigenvalue weighted by Crippen LogP contribution is 2.29. The van der Waals surface area contributed by atoms with Crippen molar-refractivity contribution < 1.29 is 19.4 Å². The largest absolute Gasteiger partial charge is 0.481 e. The van der Waals surface area contributed by atoms with Crippen LogP contribution in [-0.4, -0.2) is 55.4 Å². The van der Waals surface area contributed by atoms with Gasteiger partial charge in [-0.2, -0.15) is 11.8 Å². The molecule has 110 valence electrons. The second-order valence-corrected chi connectivity index (χ2v) is 5.64. The molecule has 0 bridgehead atoms. The van der Waals surface area contributed by atoms with Gasteiger partial charge in [0.1, 0.15) is 0 Å². The second-order valence-electron chi connectivity index (χ2n) is 4.65. The Balaban J connectivity index is 2.31. The van der Waals surface area contributed by atoms with Crippen LogP contribution >= 0.6 is 11.8 Å². The Hall–Kier alpha value is -0.950. The Labute approximate surface area is 117 Å². The van der Waals surface area contributed by atoms with E-state index in [-0.39, 0.29) is 12.6 Å². The first-order valence-corrected chi connectivity index (χ1v) is 7.82. The number of rotatable bonds is 7. The van der Waals surface area contributed by atoms with Crippen molar-refractivity contribution in [2.45, 2.75) is 19.3 Å². The van der Waals surface area contributed by atoms with Gasteiger partial charge in [-0.1, -0.05) is 0 Å². The van der Waals surface area contributed by atoms with Gasteiger partial charge in [0.2, 0.25) is 0 Å². The number of carbonyl (C=O) groups excluding carboxylic acids is 1.